The summed E-state index contributed by atoms with van der Waals surface area (Å²) >= 11 is 0. The van der Waals surface area contributed by atoms with Crippen LogP contribution in [-0.4, -0.2) is 54.5 Å². The van der Waals surface area contributed by atoms with Crippen LogP contribution in [0.2, 0.25) is 0 Å². The largest absolute Gasteiger partial charge is 0.494 e. The van der Waals surface area contributed by atoms with Gasteiger partial charge in [-0.15, -0.1) is 0 Å². The predicted octanol–water partition coefficient (Wildman–Crippen LogP) is 2.79. The van der Waals surface area contributed by atoms with E-state index >= 15 is 0 Å². The average molecular weight is 302 g/mol. The molecule has 2 saturated heterocycles. The van der Waals surface area contributed by atoms with Crippen molar-refractivity contribution in [2.45, 2.75) is 38.6 Å². The topological polar surface area (TPSA) is 32.8 Å². The first-order valence-electron chi connectivity index (χ1n) is 8.54. The number of ether oxygens (including phenoxy) is 1. The molecule has 3 rings (SSSR count). The number of rotatable bonds is 5. The molecule has 0 N–H and O–H groups in total. The lowest BCUT2D eigenvalue weighted by Gasteiger charge is -2.28. The summed E-state index contributed by atoms with van der Waals surface area (Å²) in [5, 5.41) is 0. The molecule has 1 aromatic carbocycles. The molecule has 0 aromatic heterocycles. The quantitative estimate of drug-likeness (QED) is 0.838. The number of amides is 1. The zero-order valence-electron chi connectivity index (χ0n) is 13.5. The normalized spacial score (nSPS) is 22.2. The molecule has 1 atom stereocenters. The highest BCUT2D eigenvalue weighted by molar-refractivity contribution is 5.94. The van der Waals surface area contributed by atoms with Crippen molar-refractivity contribution in [2.24, 2.45) is 0 Å². The highest BCUT2D eigenvalue weighted by Crippen LogP contribution is 2.23. The van der Waals surface area contributed by atoms with E-state index in [1.807, 2.05) is 31.2 Å². The molecule has 22 heavy (non-hydrogen) atoms. The van der Waals surface area contributed by atoms with Gasteiger partial charge in [-0.25, -0.2) is 0 Å². The van der Waals surface area contributed by atoms with Crippen LogP contribution in [0.1, 0.15) is 43.0 Å². The molecule has 0 aliphatic carbocycles. The van der Waals surface area contributed by atoms with Crippen molar-refractivity contribution in [3.8, 4) is 5.75 Å². The van der Waals surface area contributed by atoms with Crippen molar-refractivity contribution in [3.63, 3.8) is 0 Å². The molecular weight excluding hydrogens is 276 g/mol. The Hall–Kier alpha value is -1.55. The Morgan fingerprint density at radius 2 is 1.86 bits per heavy atom. The molecule has 2 heterocycles. The van der Waals surface area contributed by atoms with Gasteiger partial charge in [-0.1, -0.05) is 0 Å². The minimum absolute atomic E-state index is 0.171. The number of carbonyl (C=O) groups excluding carboxylic acids is 1. The van der Waals surface area contributed by atoms with E-state index in [9.17, 15) is 4.79 Å². The van der Waals surface area contributed by atoms with Crippen molar-refractivity contribution in [3.05, 3.63) is 29.8 Å². The van der Waals surface area contributed by atoms with E-state index in [-0.39, 0.29) is 5.91 Å². The molecule has 4 heteroatoms. The minimum atomic E-state index is 0.171. The molecule has 2 aliphatic heterocycles. The first-order valence-corrected chi connectivity index (χ1v) is 8.54. The number of benzene rings is 1. The molecule has 1 aromatic rings. The lowest BCUT2D eigenvalue weighted by molar-refractivity contribution is 0.0709. The van der Waals surface area contributed by atoms with Gasteiger partial charge in [0.1, 0.15) is 5.75 Å². The monoisotopic (exact) mass is 302 g/mol. The number of nitrogens with zero attached hydrogens (tertiary/aromatic N) is 2. The highest BCUT2D eigenvalue weighted by atomic mass is 16.5. The Balaban J connectivity index is 1.64. The van der Waals surface area contributed by atoms with Crippen LogP contribution in [0, 0.1) is 0 Å². The highest BCUT2D eigenvalue weighted by Gasteiger charge is 2.31. The molecule has 2 aliphatic rings. The van der Waals surface area contributed by atoms with Crippen molar-refractivity contribution in [1.29, 1.82) is 0 Å². The molecule has 2 fully saturated rings. The van der Waals surface area contributed by atoms with Crippen LogP contribution in [-0.2, 0) is 0 Å². The number of carbonyl (C=O) groups is 1. The fourth-order valence-corrected chi connectivity index (χ4v) is 3.58. The maximum atomic E-state index is 12.8. The lowest BCUT2D eigenvalue weighted by Crippen LogP contribution is -2.42. The third-order valence-corrected chi connectivity index (χ3v) is 4.72. The maximum Gasteiger partial charge on any atom is 0.254 e. The van der Waals surface area contributed by atoms with E-state index < -0.39 is 0 Å². The van der Waals surface area contributed by atoms with Gasteiger partial charge in [-0.2, -0.15) is 0 Å². The number of likely N-dealkylation sites (tertiary alicyclic amines) is 2. The number of hydrogen-bond acceptors (Lipinski definition) is 3. The van der Waals surface area contributed by atoms with E-state index in [0.29, 0.717) is 12.6 Å². The van der Waals surface area contributed by atoms with Gasteiger partial charge in [0.05, 0.1) is 6.61 Å². The van der Waals surface area contributed by atoms with E-state index in [4.69, 9.17) is 4.74 Å². The van der Waals surface area contributed by atoms with Crippen LogP contribution in [0.3, 0.4) is 0 Å². The van der Waals surface area contributed by atoms with Gasteiger partial charge in [0, 0.05) is 24.7 Å². The van der Waals surface area contributed by atoms with Gasteiger partial charge < -0.3 is 14.5 Å². The van der Waals surface area contributed by atoms with E-state index in [1.165, 1.54) is 25.9 Å². The maximum absolute atomic E-state index is 12.8. The third-order valence-electron chi connectivity index (χ3n) is 4.72. The first-order chi connectivity index (χ1) is 10.8. The molecule has 0 bridgehead atoms. The van der Waals surface area contributed by atoms with Gasteiger partial charge >= 0.3 is 0 Å². The van der Waals surface area contributed by atoms with Crippen molar-refractivity contribution in [2.75, 3.05) is 32.8 Å². The summed E-state index contributed by atoms with van der Waals surface area (Å²) in [4.78, 5) is 17.4. The van der Waals surface area contributed by atoms with Crippen LogP contribution in [0.5, 0.6) is 5.75 Å². The van der Waals surface area contributed by atoms with E-state index in [1.54, 1.807) is 0 Å². The summed E-state index contributed by atoms with van der Waals surface area (Å²) in [5.74, 6) is 0.999. The summed E-state index contributed by atoms with van der Waals surface area (Å²) in [6, 6.07) is 7.94. The van der Waals surface area contributed by atoms with Crippen molar-refractivity contribution < 1.29 is 9.53 Å². The Labute approximate surface area is 133 Å². The third kappa shape index (κ3) is 3.43. The zero-order valence-corrected chi connectivity index (χ0v) is 13.5. The second kappa shape index (κ2) is 7.14. The van der Waals surface area contributed by atoms with Gasteiger partial charge in [0.2, 0.25) is 0 Å². The van der Waals surface area contributed by atoms with Crippen LogP contribution < -0.4 is 4.74 Å². The molecule has 4 nitrogen and oxygen atoms in total. The van der Waals surface area contributed by atoms with E-state index in [2.05, 4.69) is 9.80 Å². The summed E-state index contributed by atoms with van der Waals surface area (Å²) in [7, 11) is 0. The molecule has 0 spiro atoms. The first kappa shape index (κ1) is 15.3. The van der Waals surface area contributed by atoms with Gasteiger partial charge in [-0.05, 0) is 70.0 Å². The summed E-state index contributed by atoms with van der Waals surface area (Å²) < 4.78 is 5.44. The van der Waals surface area contributed by atoms with Gasteiger partial charge in [-0.3, -0.25) is 4.79 Å². The Morgan fingerprint density at radius 3 is 2.55 bits per heavy atom. The molecule has 1 amide bonds. The molecule has 0 unspecified atom stereocenters. The SMILES string of the molecule is CCOc1ccc(C(=O)N2CCC[C@H]2CN2CCCC2)cc1. The molecular formula is C18H26N2O2. The van der Waals surface area contributed by atoms with Gasteiger partial charge in [0.15, 0.2) is 0 Å². The predicted molar refractivity (Wildman–Crippen MR) is 87.3 cm³/mol. The Kier molecular flexibility index (Phi) is 4.98. The van der Waals surface area contributed by atoms with Crippen molar-refractivity contribution >= 4 is 5.91 Å². The molecule has 0 radical (unpaired) electrons. The molecule has 120 valence electrons. The minimum Gasteiger partial charge on any atom is -0.494 e. The standard InChI is InChI=1S/C18H26N2O2/c1-2-22-17-9-7-15(8-10-17)18(21)20-13-5-6-16(20)14-19-11-3-4-12-19/h7-10,16H,2-6,11-14H2,1H3/t16-/m0/s1. The number of hydrogen-bond donors (Lipinski definition) is 0. The Morgan fingerprint density at radius 1 is 1.14 bits per heavy atom. The van der Waals surface area contributed by atoms with Crippen LogP contribution in [0.15, 0.2) is 24.3 Å². The van der Waals surface area contributed by atoms with Crippen molar-refractivity contribution in [1.82, 2.24) is 9.80 Å². The Bertz CT molecular complexity index is 494. The van der Waals surface area contributed by atoms with E-state index in [0.717, 1.165) is 37.2 Å². The summed E-state index contributed by atoms with van der Waals surface area (Å²) in [6.45, 7) is 6.94. The smallest absolute Gasteiger partial charge is 0.254 e. The molecule has 0 saturated carbocycles. The second-order valence-electron chi connectivity index (χ2n) is 6.26. The fourth-order valence-electron chi connectivity index (χ4n) is 3.58. The average Bonchev–Trinajstić information content (AvgIpc) is 3.20. The van der Waals surface area contributed by atoms with Crippen LogP contribution in [0.25, 0.3) is 0 Å². The van der Waals surface area contributed by atoms with Gasteiger partial charge in [0.25, 0.3) is 5.91 Å². The zero-order chi connectivity index (χ0) is 15.4. The summed E-state index contributed by atoms with van der Waals surface area (Å²) in [6.07, 6.45) is 4.87. The van der Waals surface area contributed by atoms with Crippen LogP contribution in [0.4, 0.5) is 0 Å². The fraction of sp³-hybridized carbons (Fsp3) is 0.611. The van der Waals surface area contributed by atoms with Crippen LogP contribution >= 0.6 is 0 Å². The lowest BCUT2D eigenvalue weighted by atomic mass is 10.1. The second-order valence-corrected chi connectivity index (χ2v) is 6.26. The summed E-state index contributed by atoms with van der Waals surface area (Å²) in [5.41, 5.74) is 0.775.